The van der Waals surface area contributed by atoms with Crippen molar-refractivity contribution in [3.8, 4) is 0 Å². The van der Waals surface area contributed by atoms with Crippen molar-refractivity contribution in [1.29, 1.82) is 0 Å². The third-order valence-electron chi connectivity index (χ3n) is 1.71. The predicted octanol–water partition coefficient (Wildman–Crippen LogP) is 1.60. The maximum absolute atomic E-state index is 5.68. The Morgan fingerprint density at radius 3 is 2.73 bits per heavy atom. The molecule has 0 radical (unpaired) electrons. The van der Waals surface area contributed by atoms with Crippen molar-refractivity contribution < 1.29 is 4.42 Å². The molecule has 11 heavy (non-hydrogen) atoms. The lowest BCUT2D eigenvalue weighted by atomic mass is 10.2. The molecule has 0 aliphatic carbocycles. The fourth-order valence-corrected chi connectivity index (χ4v) is 1.08. The Morgan fingerprint density at radius 2 is 1.91 bits per heavy atom. The van der Waals surface area contributed by atoms with Gasteiger partial charge in [0.15, 0.2) is 0 Å². The maximum Gasteiger partial charge on any atom is 0.136 e. The van der Waals surface area contributed by atoms with Crippen LogP contribution in [0, 0.1) is 0 Å². The topological polar surface area (TPSA) is 65.2 Å². The highest BCUT2D eigenvalue weighted by molar-refractivity contribution is 5.95. The van der Waals surface area contributed by atoms with Gasteiger partial charge >= 0.3 is 0 Å². The zero-order valence-corrected chi connectivity index (χ0v) is 5.87. The third-order valence-corrected chi connectivity index (χ3v) is 1.71. The average Bonchev–Trinajstić information content (AvgIpc) is 2.45. The molecule has 0 fully saturated rings. The highest BCUT2D eigenvalue weighted by Gasteiger charge is 2.02. The summed E-state index contributed by atoms with van der Waals surface area (Å²) in [4.78, 5) is 0. The molecule has 0 saturated heterocycles. The first-order chi connectivity index (χ1) is 5.29. The van der Waals surface area contributed by atoms with E-state index in [0.29, 0.717) is 11.4 Å². The Morgan fingerprint density at radius 1 is 1.09 bits per heavy atom. The van der Waals surface area contributed by atoms with Crippen molar-refractivity contribution in [1.82, 2.24) is 0 Å². The van der Waals surface area contributed by atoms with Gasteiger partial charge in [0, 0.05) is 5.39 Å². The van der Waals surface area contributed by atoms with Crippen LogP contribution in [0.1, 0.15) is 0 Å². The largest absolute Gasteiger partial charge is 0.464 e. The summed E-state index contributed by atoms with van der Waals surface area (Å²) in [5.41, 5.74) is 13.2. The van der Waals surface area contributed by atoms with E-state index in [1.54, 1.807) is 24.5 Å². The number of fused-ring (bicyclic) bond motifs is 1. The van der Waals surface area contributed by atoms with E-state index in [1.807, 2.05) is 0 Å². The summed E-state index contributed by atoms with van der Waals surface area (Å²) >= 11 is 0. The smallest absolute Gasteiger partial charge is 0.136 e. The number of furan rings is 1. The van der Waals surface area contributed by atoms with Gasteiger partial charge in [0.25, 0.3) is 0 Å². The number of hydrogen-bond acceptors (Lipinski definition) is 3. The van der Waals surface area contributed by atoms with Crippen LogP contribution in [0.3, 0.4) is 0 Å². The summed E-state index contributed by atoms with van der Waals surface area (Å²) in [5, 5.41) is 0.880. The highest BCUT2D eigenvalue weighted by Crippen LogP contribution is 2.26. The summed E-state index contributed by atoms with van der Waals surface area (Å²) in [6.07, 6.45) is 1.60. The number of nitrogen functional groups attached to an aromatic ring is 2. The zero-order chi connectivity index (χ0) is 7.84. The van der Waals surface area contributed by atoms with E-state index in [4.69, 9.17) is 15.9 Å². The fraction of sp³-hybridized carbons (Fsp3) is 0. The average molecular weight is 148 g/mol. The number of hydrogen-bond donors (Lipinski definition) is 2. The van der Waals surface area contributed by atoms with E-state index in [1.165, 1.54) is 0 Å². The quantitative estimate of drug-likeness (QED) is 0.557. The van der Waals surface area contributed by atoms with E-state index in [9.17, 15) is 0 Å². The van der Waals surface area contributed by atoms with Gasteiger partial charge < -0.3 is 15.9 Å². The highest BCUT2D eigenvalue weighted by atomic mass is 16.3. The lowest BCUT2D eigenvalue weighted by Gasteiger charge is -1.98. The van der Waals surface area contributed by atoms with E-state index in [-0.39, 0.29) is 0 Å². The second kappa shape index (κ2) is 1.92. The molecule has 4 N–H and O–H groups in total. The van der Waals surface area contributed by atoms with Crippen LogP contribution in [0.2, 0.25) is 0 Å². The Balaban J connectivity index is 2.93. The zero-order valence-electron chi connectivity index (χ0n) is 5.87. The molecule has 0 amide bonds. The predicted molar refractivity (Wildman–Crippen MR) is 45.0 cm³/mol. The Labute approximate surface area is 63.6 Å². The molecule has 1 aromatic heterocycles. The van der Waals surface area contributed by atoms with E-state index < -0.39 is 0 Å². The molecule has 2 aromatic rings. The lowest BCUT2D eigenvalue weighted by molar-refractivity contribution is 0.616. The van der Waals surface area contributed by atoms with Crippen molar-refractivity contribution in [3.63, 3.8) is 0 Å². The molecule has 0 spiro atoms. The molecule has 56 valence electrons. The van der Waals surface area contributed by atoms with E-state index in [2.05, 4.69) is 0 Å². The van der Waals surface area contributed by atoms with E-state index >= 15 is 0 Å². The second-order valence-corrected chi connectivity index (χ2v) is 2.40. The fourth-order valence-electron chi connectivity index (χ4n) is 1.08. The Hall–Kier alpha value is -1.64. The van der Waals surface area contributed by atoms with Crippen LogP contribution in [0.4, 0.5) is 11.4 Å². The van der Waals surface area contributed by atoms with Crippen molar-refractivity contribution >= 4 is 22.3 Å². The molecule has 1 aromatic carbocycles. The van der Waals surface area contributed by atoms with Gasteiger partial charge in [-0.05, 0) is 18.2 Å². The number of nitrogens with two attached hydrogens (primary N) is 2. The molecular formula is C8H8N2O. The van der Waals surface area contributed by atoms with Gasteiger partial charge in [0.05, 0.1) is 17.6 Å². The van der Waals surface area contributed by atoms with Gasteiger partial charge in [0.2, 0.25) is 0 Å². The second-order valence-electron chi connectivity index (χ2n) is 2.40. The van der Waals surface area contributed by atoms with Crippen LogP contribution in [-0.4, -0.2) is 0 Å². The number of rotatable bonds is 0. The van der Waals surface area contributed by atoms with Crippen LogP contribution in [-0.2, 0) is 0 Å². The van der Waals surface area contributed by atoms with Gasteiger partial charge in [-0.25, -0.2) is 0 Å². The molecule has 0 aliphatic heterocycles. The first-order valence-corrected chi connectivity index (χ1v) is 3.30. The molecule has 0 saturated carbocycles. The summed E-state index contributed by atoms with van der Waals surface area (Å²) in [5.74, 6) is 0. The molecule has 1 heterocycles. The third kappa shape index (κ3) is 0.741. The van der Waals surface area contributed by atoms with Crippen molar-refractivity contribution in [2.24, 2.45) is 0 Å². The van der Waals surface area contributed by atoms with Gasteiger partial charge in [-0.3, -0.25) is 0 Å². The van der Waals surface area contributed by atoms with Crippen LogP contribution in [0.25, 0.3) is 11.0 Å². The minimum atomic E-state index is 0.594. The van der Waals surface area contributed by atoms with Crippen LogP contribution in [0.15, 0.2) is 28.9 Å². The number of benzene rings is 1. The van der Waals surface area contributed by atoms with Crippen molar-refractivity contribution in [2.45, 2.75) is 0 Å². The maximum atomic E-state index is 5.68. The van der Waals surface area contributed by atoms with Gasteiger partial charge in [-0.15, -0.1) is 0 Å². The van der Waals surface area contributed by atoms with Crippen molar-refractivity contribution in [2.75, 3.05) is 11.5 Å². The first kappa shape index (κ1) is 6.09. The Kier molecular flexibility index (Phi) is 1.06. The minimum absolute atomic E-state index is 0.594. The molecule has 0 bridgehead atoms. The van der Waals surface area contributed by atoms with Crippen LogP contribution < -0.4 is 11.5 Å². The first-order valence-electron chi connectivity index (χ1n) is 3.30. The van der Waals surface area contributed by atoms with E-state index in [0.717, 1.165) is 11.0 Å². The Bertz CT molecular complexity index is 392. The summed E-state index contributed by atoms with van der Waals surface area (Å²) < 4.78 is 5.12. The number of anilines is 2. The standard InChI is InChI=1S/C8H8N2O/c9-6-1-2-7-5(8(6)10)3-4-11-7/h1-4H,9-10H2. The summed E-state index contributed by atoms with van der Waals surface area (Å²) in [6.45, 7) is 0. The molecule has 3 heteroatoms. The molecular weight excluding hydrogens is 140 g/mol. The molecule has 0 unspecified atom stereocenters. The summed E-state index contributed by atoms with van der Waals surface area (Å²) in [7, 11) is 0. The molecule has 0 atom stereocenters. The summed E-state index contributed by atoms with van der Waals surface area (Å²) in [6, 6.07) is 5.35. The van der Waals surface area contributed by atoms with Crippen LogP contribution in [0.5, 0.6) is 0 Å². The molecule has 3 nitrogen and oxygen atoms in total. The van der Waals surface area contributed by atoms with Gasteiger partial charge in [-0.1, -0.05) is 0 Å². The SMILES string of the molecule is Nc1ccc2occc2c1N. The van der Waals surface area contributed by atoms with Crippen molar-refractivity contribution in [3.05, 3.63) is 24.5 Å². The lowest BCUT2D eigenvalue weighted by Crippen LogP contribution is -1.93. The molecule has 0 aliphatic rings. The molecule has 2 rings (SSSR count). The minimum Gasteiger partial charge on any atom is -0.464 e. The van der Waals surface area contributed by atoms with Crippen LogP contribution >= 0.6 is 0 Å². The normalized spacial score (nSPS) is 10.5. The van der Waals surface area contributed by atoms with Gasteiger partial charge in [-0.2, -0.15) is 0 Å². The van der Waals surface area contributed by atoms with Gasteiger partial charge in [0.1, 0.15) is 5.58 Å². The monoisotopic (exact) mass is 148 g/mol.